The topological polar surface area (TPSA) is 128 Å². The summed E-state index contributed by atoms with van der Waals surface area (Å²) in [6.45, 7) is 4.72. The van der Waals surface area contributed by atoms with E-state index >= 15 is 0 Å². The van der Waals surface area contributed by atoms with Crippen LogP contribution in [0.1, 0.15) is 49.9 Å². The number of para-hydroxylation sites is 2. The number of H-pyrrole nitrogens is 1. The number of rotatable bonds is 8. The van der Waals surface area contributed by atoms with Crippen LogP contribution in [0.4, 0.5) is 5.69 Å². The third kappa shape index (κ3) is 6.12. The predicted octanol–water partition coefficient (Wildman–Crippen LogP) is 6.55. The number of carbonyl (C=O) groups is 2. The van der Waals surface area contributed by atoms with E-state index in [9.17, 15) is 19.7 Å². The highest BCUT2D eigenvalue weighted by Gasteiger charge is 2.34. The summed E-state index contributed by atoms with van der Waals surface area (Å²) in [5, 5.41) is 11.8. The van der Waals surface area contributed by atoms with Gasteiger partial charge in [0.25, 0.3) is 11.6 Å². The van der Waals surface area contributed by atoms with Gasteiger partial charge >= 0.3 is 0 Å². The van der Waals surface area contributed by atoms with Gasteiger partial charge in [-0.25, -0.2) is 4.98 Å². The Bertz CT molecular complexity index is 1460. The van der Waals surface area contributed by atoms with Crippen molar-refractivity contribution in [2.75, 3.05) is 13.7 Å². The second kappa shape index (κ2) is 12.9. The zero-order valence-corrected chi connectivity index (χ0v) is 22.8. The molecular weight excluding hydrogens is 512 g/mol. The largest absolute Gasteiger partial charge is 0.493 e. The van der Waals surface area contributed by atoms with Gasteiger partial charge in [0, 0.05) is 18.2 Å². The van der Waals surface area contributed by atoms with Crippen molar-refractivity contribution in [2.45, 2.75) is 45.6 Å². The molecule has 0 radical (unpaired) electrons. The summed E-state index contributed by atoms with van der Waals surface area (Å²) < 4.78 is 11.3. The van der Waals surface area contributed by atoms with Gasteiger partial charge in [-0.2, -0.15) is 0 Å². The van der Waals surface area contributed by atoms with Crippen LogP contribution in [0.15, 0.2) is 60.7 Å². The predicted molar refractivity (Wildman–Crippen MR) is 152 cm³/mol. The molecular formula is C30H32N4O6. The number of nitro benzene ring substituents is 1. The lowest BCUT2D eigenvalue weighted by Gasteiger charge is -2.21. The van der Waals surface area contributed by atoms with Gasteiger partial charge in [0.15, 0.2) is 11.5 Å². The van der Waals surface area contributed by atoms with Crippen molar-refractivity contribution in [3.05, 3.63) is 76.3 Å². The summed E-state index contributed by atoms with van der Waals surface area (Å²) in [5.41, 5.74) is 2.04. The van der Waals surface area contributed by atoms with E-state index in [4.69, 9.17) is 9.47 Å². The first-order valence-corrected chi connectivity index (χ1v) is 13.3. The van der Waals surface area contributed by atoms with Crippen molar-refractivity contribution >= 4 is 28.9 Å². The van der Waals surface area contributed by atoms with E-state index in [0.29, 0.717) is 37.2 Å². The number of nitrogens with zero attached hydrogens (tertiary/aromatic N) is 3. The zero-order chi connectivity index (χ0) is 28.6. The summed E-state index contributed by atoms with van der Waals surface area (Å²) in [6.07, 6.45) is 4.52. The Morgan fingerprint density at radius 2 is 1.85 bits per heavy atom. The van der Waals surface area contributed by atoms with E-state index in [1.165, 1.54) is 37.0 Å². The molecule has 1 aliphatic rings. The molecule has 1 aromatic heterocycles. The van der Waals surface area contributed by atoms with Gasteiger partial charge in [0.1, 0.15) is 23.4 Å². The molecule has 1 aliphatic heterocycles. The summed E-state index contributed by atoms with van der Waals surface area (Å²) >= 11 is 0. The number of benzene rings is 3. The molecule has 1 atom stereocenters. The fourth-order valence-corrected chi connectivity index (χ4v) is 4.35. The minimum Gasteiger partial charge on any atom is -0.493 e. The van der Waals surface area contributed by atoms with Crippen molar-refractivity contribution in [3.8, 4) is 28.6 Å². The highest BCUT2D eigenvalue weighted by atomic mass is 16.6. The van der Waals surface area contributed by atoms with Crippen molar-refractivity contribution in [1.29, 1.82) is 0 Å². The third-order valence-corrected chi connectivity index (χ3v) is 6.67. The van der Waals surface area contributed by atoms with Gasteiger partial charge in [-0.1, -0.05) is 38.8 Å². The van der Waals surface area contributed by atoms with E-state index < -0.39 is 22.6 Å². The van der Waals surface area contributed by atoms with Gasteiger partial charge in [0.2, 0.25) is 0 Å². The second-order valence-electron chi connectivity index (χ2n) is 9.35. The van der Waals surface area contributed by atoms with Crippen LogP contribution in [0.5, 0.6) is 17.2 Å². The first-order valence-electron chi connectivity index (χ1n) is 13.3. The molecule has 1 fully saturated rings. The Morgan fingerprint density at radius 3 is 2.48 bits per heavy atom. The lowest BCUT2D eigenvalue weighted by Crippen LogP contribution is -2.36. The minimum absolute atomic E-state index is 0.0885. The maximum absolute atomic E-state index is 13.1. The Labute approximate surface area is 232 Å². The normalized spacial score (nSPS) is 14.4. The second-order valence-corrected chi connectivity index (χ2v) is 9.35. The van der Waals surface area contributed by atoms with Crippen LogP contribution in [-0.4, -0.2) is 51.7 Å². The summed E-state index contributed by atoms with van der Waals surface area (Å²) in [4.78, 5) is 44.8. The number of ether oxygens (including phenoxy) is 2. The molecule has 1 saturated heterocycles. The van der Waals surface area contributed by atoms with Crippen molar-refractivity contribution in [1.82, 2.24) is 14.9 Å². The monoisotopic (exact) mass is 544 g/mol. The molecule has 1 N–H and O–H groups in total. The number of amides is 1. The number of imidazole rings is 1. The van der Waals surface area contributed by atoms with Crippen LogP contribution in [0.3, 0.4) is 0 Å². The molecule has 208 valence electrons. The van der Waals surface area contributed by atoms with Crippen LogP contribution in [0.25, 0.3) is 22.4 Å². The van der Waals surface area contributed by atoms with Gasteiger partial charge in [-0.3, -0.25) is 14.9 Å². The number of nitro groups is 1. The molecule has 0 aliphatic carbocycles. The molecule has 3 aromatic carbocycles. The standard InChI is InChI=1S/C26H22N4O6.C4H10/c1-35-23-13-19(26(32)29-12-4-5-17(29)15-31)22(30(33)34)14-24(23)36-18-10-8-16(9-11-18)25-27-20-6-2-3-7-21(20)28-25;1-3-4-2/h2-3,6-11,13-15,17H,4-5,12H2,1H3,(H,27,28);3-4H2,1-2H3/t17-;/m0./s1. The number of carbonyl (C=O) groups excluding carboxylic acids is 2. The maximum atomic E-state index is 13.1. The Hall–Kier alpha value is -4.73. The Balaban J connectivity index is 0.000000867. The summed E-state index contributed by atoms with van der Waals surface area (Å²) in [6, 6.07) is 16.6. The first-order chi connectivity index (χ1) is 19.4. The van der Waals surface area contributed by atoms with E-state index in [0.717, 1.165) is 16.6 Å². The van der Waals surface area contributed by atoms with Gasteiger partial charge < -0.3 is 24.2 Å². The first kappa shape index (κ1) is 28.3. The molecule has 0 spiro atoms. The summed E-state index contributed by atoms with van der Waals surface area (Å²) in [5.74, 6) is 0.783. The average Bonchev–Trinajstić information content (AvgIpc) is 3.64. The number of aldehydes is 1. The van der Waals surface area contributed by atoms with Crippen LogP contribution in [0, 0.1) is 10.1 Å². The molecule has 40 heavy (non-hydrogen) atoms. The van der Waals surface area contributed by atoms with E-state index in [-0.39, 0.29) is 17.1 Å². The number of aromatic nitrogens is 2. The molecule has 0 unspecified atom stereocenters. The van der Waals surface area contributed by atoms with Crippen molar-refractivity contribution in [3.63, 3.8) is 0 Å². The fraction of sp³-hybridized carbons (Fsp3) is 0.300. The number of hydrogen-bond acceptors (Lipinski definition) is 7. The van der Waals surface area contributed by atoms with Crippen LogP contribution >= 0.6 is 0 Å². The van der Waals surface area contributed by atoms with Crippen molar-refractivity contribution < 1.29 is 24.0 Å². The molecule has 4 aromatic rings. The summed E-state index contributed by atoms with van der Waals surface area (Å²) in [7, 11) is 1.39. The van der Waals surface area contributed by atoms with E-state index in [2.05, 4.69) is 23.8 Å². The highest BCUT2D eigenvalue weighted by Crippen LogP contribution is 2.39. The van der Waals surface area contributed by atoms with Gasteiger partial charge in [-0.05, 0) is 49.2 Å². The zero-order valence-electron chi connectivity index (χ0n) is 22.8. The quantitative estimate of drug-likeness (QED) is 0.151. The minimum atomic E-state index is -0.643. The van der Waals surface area contributed by atoms with Crippen molar-refractivity contribution in [2.24, 2.45) is 0 Å². The molecule has 1 amide bonds. The maximum Gasteiger partial charge on any atom is 0.286 e. The number of hydrogen-bond donors (Lipinski definition) is 1. The highest BCUT2D eigenvalue weighted by molar-refractivity contribution is 6.00. The molecule has 2 heterocycles. The third-order valence-electron chi connectivity index (χ3n) is 6.67. The number of aromatic amines is 1. The number of nitrogens with one attached hydrogen (secondary N) is 1. The number of unbranched alkanes of at least 4 members (excludes halogenated alkanes) is 1. The average molecular weight is 545 g/mol. The molecule has 0 bridgehead atoms. The number of fused-ring (bicyclic) bond motifs is 1. The lowest BCUT2D eigenvalue weighted by atomic mass is 10.1. The van der Waals surface area contributed by atoms with E-state index in [1.54, 1.807) is 12.1 Å². The lowest BCUT2D eigenvalue weighted by molar-refractivity contribution is -0.385. The fourth-order valence-electron chi connectivity index (χ4n) is 4.35. The number of likely N-dealkylation sites (tertiary alicyclic amines) is 1. The SMILES string of the molecule is CCCC.COc1cc(C(=O)N2CCC[C@H]2C=O)c([N+](=O)[O-])cc1Oc1ccc(-c2nc3ccccc3[nH]2)cc1. The number of methoxy groups -OCH3 is 1. The van der Waals surface area contributed by atoms with Crippen LogP contribution in [0.2, 0.25) is 0 Å². The van der Waals surface area contributed by atoms with E-state index in [1.807, 2.05) is 36.4 Å². The van der Waals surface area contributed by atoms with Gasteiger partial charge in [-0.15, -0.1) is 0 Å². The molecule has 0 saturated carbocycles. The Morgan fingerprint density at radius 1 is 1.12 bits per heavy atom. The molecule has 5 rings (SSSR count). The smallest absolute Gasteiger partial charge is 0.286 e. The Kier molecular flexibility index (Phi) is 9.11. The molecule has 10 heteroatoms. The van der Waals surface area contributed by atoms with Crippen LogP contribution in [-0.2, 0) is 4.79 Å². The molecule has 10 nitrogen and oxygen atoms in total. The van der Waals surface area contributed by atoms with Crippen LogP contribution < -0.4 is 9.47 Å². The van der Waals surface area contributed by atoms with Gasteiger partial charge in [0.05, 0.1) is 35.2 Å².